The highest BCUT2D eigenvalue weighted by Gasteiger charge is 2.07. The Morgan fingerprint density at radius 3 is 2.80 bits per heavy atom. The molecule has 0 aliphatic carbocycles. The molecule has 0 saturated heterocycles. The van der Waals surface area contributed by atoms with E-state index in [9.17, 15) is 0 Å². The Hall–Kier alpha value is -2.12. The van der Waals surface area contributed by atoms with Crippen molar-refractivity contribution in [1.82, 2.24) is 25.1 Å². The molecule has 0 spiro atoms. The highest BCUT2D eigenvalue weighted by atomic mass is 16.5. The summed E-state index contributed by atoms with van der Waals surface area (Å²) in [6, 6.07) is 8.16. The van der Waals surface area contributed by atoms with Gasteiger partial charge < -0.3 is 24.8 Å². The second kappa shape index (κ2) is 10.0. The summed E-state index contributed by atoms with van der Waals surface area (Å²) in [5, 5.41) is 6.67. The van der Waals surface area contributed by atoms with Crippen molar-refractivity contribution in [3.05, 3.63) is 30.1 Å². The number of aryl methyl sites for hydroxylation is 1. The molecule has 0 saturated carbocycles. The van der Waals surface area contributed by atoms with Gasteiger partial charge in [0, 0.05) is 47.4 Å². The van der Waals surface area contributed by atoms with Gasteiger partial charge in [-0.05, 0) is 25.6 Å². The average Bonchev–Trinajstić information content (AvgIpc) is 2.94. The van der Waals surface area contributed by atoms with Crippen LogP contribution in [0.25, 0.3) is 11.0 Å². The maximum atomic E-state index is 5.08. The zero-order chi connectivity index (χ0) is 18.1. The van der Waals surface area contributed by atoms with Crippen LogP contribution >= 0.6 is 0 Å². The summed E-state index contributed by atoms with van der Waals surface area (Å²) in [6.45, 7) is 4.26. The molecular formula is C18H30N6O. The van der Waals surface area contributed by atoms with Gasteiger partial charge in [0.1, 0.15) is 5.82 Å². The first kappa shape index (κ1) is 19.2. The Bertz CT molecular complexity index is 681. The van der Waals surface area contributed by atoms with E-state index in [2.05, 4.69) is 43.2 Å². The van der Waals surface area contributed by atoms with Crippen LogP contribution in [0.5, 0.6) is 0 Å². The van der Waals surface area contributed by atoms with Gasteiger partial charge in [-0.3, -0.25) is 4.99 Å². The van der Waals surface area contributed by atoms with Crippen LogP contribution in [0.1, 0.15) is 12.2 Å². The van der Waals surface area contributed by atoms with Crippen molar-refractivity contribution >= 4 is 17.0 Å². The van der Waals surface area contributed by atoms with Gasteiger partial charge in [0.2, 0.25) is 0 Å². The smallest absolute Gasteiger partial charge is 0.191 e. The number of nitrogens with one attached hydrogen (secondary N) is 2. The largest absolute Gasteiger partial charge is 0.385 e. The van der Waals surface area contributed by atoms with Gasteiger partial charge in [-0.15, -0.1) is 0 Å². The first-order valence-corrected chi connectivity index (χ1v) is 8.68. The number of likely N-dealkylation sites (N-methyl/N-ethyl adjacent to an activating group) is 1. The fourth-order valence-electron chi connectivity index (χ4n) is 2.69. The molecule has 0 amide bonds. The maximum Gasteiger partial charge on any atom is 0.191 e. The lowest BCUT2D eigenvalue weighted by molar-refractivity contribution is 0.180. The van der Waals surface area contributed by atoms with Gasteiger partial charge in [-0.1, -0.05) is 12.1 Å². The monoisotopic (exact) mass is 346 g/mol. The minimum atomic E-state index is 0.633. The number of aromatic nitrogens is 2. The number of para-hydroxylation sites is 2. The molecule has 2 N–H and O–H groups in total. The highest BCUT2D eigenvalue weighted by molar-refractivity contribution is 5.80. The number of imidazole rings is 1. The summed E-state index contributed by atoms with van der Waals surface area (Å²) < 4.78 is 7.19. The number of benzene rings is 1. The molecule has 2 rings (SSSR count). The molecule has 25 heavy (non-hydrogen) atoms. The van der Waals surface area contributed by atoms with Gasteiger partial charge in [-0.2, -0.15) is 0 Å². The number of ether oxygens (including phenoxy) is 1. The zero-order valence-electron chi connectivity index (χ0n) is 15.7. The summed E-state index contributed by atoms with van der Waals surface area (Å²) in [6.07, 6.45) is 1.05. The number of rotatable bonds is 9. The van der Waals surface area contributed by atoms with E-state index >= 15 is 0 Å². The number of hydrogen-bond acceptors (Lipinski definition) is 4. The Labute approximate surface area is 150 Å². The van der Waals surface area contributed by atoms with E-state index in [0.29, 0.717) is 6.54 Å². The van der Waals surface area contributed by atoms with Gasteiger partial charge in [-0.25, -0.2) is 4.98 Å². The van der Waals surface area contributed by atoms with Crippen molar-refractivity contribution in [3.63, 3.8) is 0 Å². The minimum absolute atomic E-state index is 0.633. The predicted molar refractivity (Wildman–Crippen MR) is 103 cm³/mol. The molecule has 0 atom stereocenters. The van der Waals surface area contributed by atoms with E-state index in [1.807, 2.05) is 25.2 Å². The van der Waals surface area contributed by atoms with Crippen LogP contribution < -0.4 is 10.6 Å². The zero-order valence-corrected chi connectivity index (χ0v) is 15.7. The number of fused-ring (bicyclic) bond motifs is 1. The molecule has 0 aliphatic heterocycles. The van der Waals surface area contributed by atoms with E-state index in [1.165, 1.54) is 0 Å². The van der Waals surface area contributed by atoms with Crippen molar-refractivity contribution in [2.45, 2.75) is 13.0 Å². The lowest BCUT2D eigenvalue weighted by atomic mass is 10.3. The molecular weight excluding hydrogens is 316 g/mol. The maximum absolute atomic E-state index is 5.08. The van der Waals surface area contributed by atoms with Crippen LogP contribution in [0.3, 0.4) is 0 Å². The molecule has 0 radical (unpaired) electrons. The highest BCUT2D eigenvalue weighted by Crippen LogP contribution is 2.13. The van der Waals surface area contributed by atoms with Crippen LogP contribution in [0.4, 0.5) is 0 Å². The number of guanidine groups is 1. The van der Waals surface area contributed by atoms with Crippen molar-refractivity contribution in [1.29, 1.82) is 0 Å². The molecule has 0 bridgehead atoms. The third kappa shape index (κ3) is 5.72. The molecule has 7 nitrogen and oxygen atoms in total. The number of hydrogen-bond donors (Lipinski definition) is 2. The molecule has 1 aromatic carbocycles. The van der Waals surface area contributed by atoms with Gasteiger partial charge in [0.15, 0.2) is 5.96 Å². The Morgan fingerprint density at radius 1 is 1.28 bits per heavy atom. The van der Waals surface area contributed by atoms with Crippen LogP contribution in [0.2, 0.25) is 0 Å². The molecule has 138 valence electrons. The lowest BCUT2D eigenvalue weighted by Crippen LogP contribution is -2.41. The molecule has 0 unspecified atom stereocenters. The lowest BCUT2D eigenvalue weighted by Gasteiger charge is -2.18. The van der Waals surface area contributed by atoms with E-state index in [0.717, 1.165) is 55.5 Å². The minimum Gasteiger partial charge on any atom is -0.385 e. The van der Waals surface area contributed by atoms with Gasteiger partial charge in [0.05, 0.1) is 17.6 Å². The van der Waals surface area contributed by atoms with Crippen molar-refractivity contribution in [2.24, 2.45) is 12.0 Å². The fourth-order valence-corrected chi connectivity index (χ4v) is 2.69. The molecule has 1 heterocycles. The van der Waals surface area contributed by atoms with E-state index in [1.54, 1.807) is 14.2 Å². The Balaban J connectivity index is 1.77. The summed E-state index contributed by atoms with van der Waals surface area (Å²) in [5.74, 6) is 1.78. The summed E-state index contributed by atoms with van der Waals surface area (Å²) >= 11 is 0. The predicted octanol–water partition coefficient (Wildman–Crippen LogP) is 1.21. The van der Waals surface area contributed by atoms with Crippen molar-refractivity contribution in [2.75, 3.05) is 47.4 Å². The topological polar surface area (TPSA) is 66.7 Å². The molecule has 0 aliphatic rings. The van der Waals surface area contributed by atoms with E-state index in [4.69, 9.17) is 4.74 Å². The van der Waals surface area contributed by atoms with Crippen LogP contribution in [-0.4, -0.2) is 67.9 Å². The first-order valence-electron chi connectivity index (χ1n) is 8.68. The fraction of sp³-hybridized carbons (Fsp3) is 0.556. The Morgan fingerprint density at radius 2 is 2.08 bits per heavy atom. The second-order valence-electron chi connectivity index (χ2n) is 6.08. The number of aliphatic imine (C=N–C) groups is 1. The molecule has 7 heteroatoms. The summed E-state index contributed by atoms with van der Waals surface area (Å²) in [7, 11) is 7.68. The van der Waals surface area contributed by atoms with Crippen molar-refractivity contribution < 1.29 is 4.74 Å². The quantitative estimate of drug-likeness (QED) is 0.406. The molecule has 0 fully saturated rings. The van der Waals surface area contributed by atoms with Crippen LogP contribution in [0, 0.1) is 0 Å². The van der Waals surface area contributed by atoms with E-state index in [-0.39, 0.29) is 0 Å². The van der Waals surface area contributed by atoms with Crippen LogP contribution in [0.15, 0.2) is 29.3 Å². The molecule has 1 aromatic heterocycles. The SMILES string of the molecule is CN=C(NCCN(C)CCCOC)NCc1nc2ccccc2n1C. The number of methoxy groups -OCH3 is 1. The van der Waals surface area contributed by atoms with Crippen molar-refractivity contribution in [3.8, 4) is 0 Å². The number of nitrogens with zero attached hydrogens (tertiary/aromatic N) is 4. The summed E-state index contributed by atoms with van der Waals surface area (Å²) in [5.41, 5.74) is 2.15. The van der Waals surface area contributed by atoms with Gasteiger partial charge in [0.25, 0.3) is 0 Å². The Kier molecular flexibility index (Phi) is 7.69. The third-order valence-electron chi connectivity index (χ3n) is 4.19. The first-order chi connectivity index (χ1) is 12.2. The average molecular weight is 346 g/mol. The molecule has 2 aromatic rings. The van der Waals surface area contributed by atoms with Crippen LogP contribution in [-0.2, 0) is 18.3 Å². The third-order valence-corrected chi connectivity index (χ3v) is 4.19. The summed E-state index contributed by atoms with van der Waals surface area (Å²) in [4.78, 5) is 11.2. The standard InChI is InChI=1S/C18H30N6O/c1-19-18(20-10-12-23(2)11-7-13-25-4)21-14-17-22-15-8-5-6-9-16(15)24(17)3/h5-6,8-9H,7,10-14H2,1-4H3,(H2,19,20,21). The van der Waals surface area contributed by atoms with E-state index < -0.39 is 0 Å². The van der Waals surface area contributed by atoms with Gasteiger partial charge >= 0.3 is 0 Å². The normalized spacial score (nSPS) is 12.1. The second-order valence-corrected chi connectivity index (χ2v) is 6.08.